The van der Waals surface area contributed by atoms with E-state index in [1.54, 1.807) is 12.0 Å². The number of amides is 1. The van der Waals surface area contributed by atoms with Gasteiger partial charge in [-0.3, -0.25) is 14.7 Å². The lowest BCUT2D eigenvalue weighted by molar-refractivity contribution is -0.122. The molecule has 0 aromatic heterocycles. The first-order chi connectivity index (χ1) is 11.9. The molecule has 0 aliphatic carbocycles. The molecule has 0 unspecified atom stereocenters. The standard InChI is InChI=1S/C18H23BrN2O3S/c1-6-20-18-21(7-2)17(22)15(25-18)10-12-8-13(19)16(24-11(3)4)14(9-12)23-5/h8-11H,6-7H2,1-5H3/b15-10+,20-18?. The number of carbonyl (C=O) groups excluding carboxylic acids is 1. The van der Waals surface area contributed by atoms with Gasteiger partial charge in [-0.2, -0.15) is 0 Å². The fraction of sp³-hybridized carbons (Fsp3) is 0.444. The van der Waals surface area contributed by atoms with E-state index in [-0.39, 0.29) is 12.0 Å². The molecule has 2 rings (SSSR count). The van der Waals surface area contributed by atoms with Crippen LogP contribution in [0.2, 0.25) is 0 Å². The van der Waals surface area contributed by atoms with Crippen molar-refractivity contribution < 1.29 is 14.3 Å². The average Bonchev–Trinajstić information content (AvgIpc) is 2.84. The number of halogens is 1. The Hall–Kier alpha value is -1.47. The molecular weight excluding hydrogens is 404 g/mol. The minimum atomic E-state index is -0.0164. The van der Waals surface area contributed by atoms with E-state index >= 15 is 0 Å². The van der Waals surface area contributed by atoms with E-state index in [1.165, 1.54) is 11.8 Å². The third-order valence-electron chi connectivity index (χ3n) is 3.40. The lowest BCUT2D eigenvalue weighted by Gasteiger charge is -2.16. The average molecular weight is 427 g/mol. The fourth-order valence-electron chi connectivity index (χ4n) is 2.36. The summed E-state index contributed by atoms with van der Waals surface area (Å²) in [5, 5.41) is 0.757. The number of benzene rings is 1. The van der Waals surface area contributed by atoms with Crippen LogP contribution in [-0.4, -0.2) is 42.3 Å². The van der Waals surface area contributed by atoms with Crippen LogP contribution in [0.1, 0.15) is 33.3 Å². The number of nitrogens with zero attached hydrogens (tertiary/aromatic N) is 2. The van der Waals surface area contributed by atoms with Crippen LogP contribution in [0.3, 0.4) is 0 Å². The highest BCUT2D eigenvalue weighted by molar-refractivity contribution is 9.10. The molecule has 0 bridgehead atoms. The maximum atomic E-state index is 12.6. The second kappa shape index (κ2) is 8.76. The Morgan fingerprint density at radius 1 is 1.36 bits per heavy atom. The number of likely N-dealkylation sites (N-methyl/N-ethyl adjacent to an activating group) is 1. The van der Waals surface area contributed by atoms with E-state index < -0.39 is 0 Å². The number of methoxy groups -OCH3 is 1. The van der Waals surface area contributed by atoms with E-state index in [1.807, 2.05) is 45.9 Å². The summed E-state index contributed by atoms with van der Waals surface area (Å²) in [5.74, 6) is 1.27. The lowest BCUT2D eigenvalue weighted by atomic mass is 10.1. The molecule has 0 N–H and O–H groups in total. The van der Waals surface area contributed by atoms with Gasteiger partial charge in [0, 0.05) is 13.1 Å². The topological polar surface area (TPSA) is 51.1 Å². The molecule has 1 heterocycles. The van der Waals surface area contributed by atoms with Gasteiger partial charge in [0.15, 0.2) is 16.7 Å². The van der Waals surface area contributed by atoms with Crippen molar-refractivity contribution in [3.05, 3.63) is 27.1 Å². The predicted molar refractivity (Wildman–Crippen MR) is 107 cm³/mol. The summed E-state index contributed by atoms with van der Waals surface area (Å²) < 4.78 is 12.0. The van der Waals surface area contributed by atoms with Crippen molar-refractivity contribution in [3.63, 3.8) is 0 Å². The highest BCUT2D eigenvalue weighted by atomic mass is 79.9. The Morgan fingerprint density at radius 3 is 2.64 bits per heavy atom. The number of amidine groups is 1. The summed E-state index contributed by atoms with van der Waals surface area (Å²) in [5.41, 5.74) is 0.865. The first kappa shape index (κ1) is 19.8. The van der Waals surface area contributed by atoms with Crippen molar-refractivity contribution in [1.82, 2.24) is 4.90 Å². The third kappa shape index (κ3) is 4.58. The summed E-state index contributed by atoms with van der Waals surface area (Å²) in [7, 11) is 1.60. The second-order valence-corrected chi connectivity index (χ2v) is 7.48. The molecule has 0 atom stereocenters. The Bertz CT molecular complexity index is 717. The zero-order valence-electron chi connectivity index (χ0n) is 15.1. The highest BCUT2D eigenvalue weighted by Crippen LogP contribution is 2.39. The molecule has 1 aromatic carbocycles. The smallest absolute Gasteiger partial charge is 0.266 e. The summed E-state index contributed by atoms with van der Waals surface area (Å²) in [4.78, 5) is 19.3. The van der Waals surface area contributed by atoms with Gasteiger partial charge in [0.25, 0.3) is 5.91 Å². The Morgan fingerprint density at radius 2 is 2.08 bits per heavy atom. The third-order valence-corrected chi connectivity index (χ3v) is 5.03. The van der Waals surface area contributed by atoms with Gasteiger partial charge in [0.1, 0.15) is 0 Å². The molecule has 7 heteroatoms. The largest absolute Gasteiger partial charge is 0.493 e. The lowest BCUT2D eigenvalue weighted by Crippen LogP contribution is -2.28. The van der Waals surface area contributed by atoms with Crippen molar-refractivity contribution in [2.45, 2.75) is 33.8 Å². The molecule has 1 saturated heterocycles. The van der Waals surface area contributed by atoms with Crippen LogP contribution in [0.5, 0.6) is 11.5 Å². The molecule has 1 aliphatic rings. The van der Waals surface area contributed by atoms with Crippen LogP contribution in [0, 0.1) is 0 Å². The summed E-state index contributed by atoms with van der Waals surface area (Å²) in [6, 6.07) is 3.79. The number of carbonyl (C=O) groups is 1. The quantitative estimate of drug-likeness (QED) is 0.625. The van der Waals surface area contributed by atoms with Gasteiger partial charge in [0.05, 0.1) is 22.6 Å². The maximum absolute atomic E-state index is 12.6. The van der Waals surface area contributed by atoms with Crippen molar-refractivity contribution in [3.8, 4) is 11.5 Å². The van der Waals surface area contributed by atoms with Gasteiger partial charge in [-0.1, -0.05) is 0 Å². The van der Waals surface area contributed by atoms with Crippen LogP contribution >= 0.6 is 27.7 Å². The molecule has 0 saturated carbocycles. The maximum Gasteiger partial charge on any atom is 0.266 e. The van der Waals surface area contributed by atoms with Crippen molar-refractivity contribution in [2.24, 2.45) is 4.99 Å². The number of hydrogen-bond donors (Lipinski definition) is 0. The second-order valence-electron chi connectivity index (χ2n) is 5.62. The summed E-state index contributed by atoms with van der Waals surface area (Å²) in [6.45, 7) is 9.09. The minimum absolute atomic E-state index is 0.0164. The van der Waals surface area contributed by atoms with Crippen LogP contribution in [0.25, 0.3) is 6.08 Å². The number of ether oxygens (including phenoxy) is 2. The van der Waals surface area contributed by atoms with Crippen LogP contribution < -0.4 is 9.47 Å². The molecule has 1 fully saturated rings. The molecule has 136 valence electrons. The molecule has 5 nitrogen and oxygen atoms in total. The van der Waals surface area contributed by atoms with Gasteiger partial charge in [-0.15, -0.1) is 0 Å². The van der Waals surface area contributed by atoms with Gasteiger partial charge in [-0.05, 0) is 79.2 Å². The summed E-state index contributed by atoms with van der Waals surface area (Å²) >= 11 is 4.94. The first-order valence-electron chi connectivity index (χ1n) is 8.21. The van der Waals surface area contributed by atoms with Gasteiger partial charge in [-0.25, -0.2) is 0 Å². The van der Waals surface area contributed by atoms with Gasteiger partial charge < -0.3 is 9.47 Å². The zero-order valence-corrected chi connectivity index (χ0v) is 17.5. The molecule has 1 aromatic rings. The normalized spacial score (nSPS) is 17.9. The Balaban J connectivity index is 2.39. The number of aliphatic imine (C=N–C) groups is 1. The van der Waals surface area contributed by atoms with Gasteiger partial charge >= 0.3 is 0 Å². The molecule has 1 aliphatic heterocycles. The van der Waals surface area contributed by atoms with Crippen molar-refractivity contribution in [1.29, 1.82) is 0 Å². The van der Waals surface area contributed by atoms with Crippen LogP contribution in [0.4, 0.5) is 0 Å². The van der Waals surface area contributed by atoms with E-state index in [0.29, 0.717) is 29.5 Å². The van der Waals surface area contributed by atoms with E-state index in [2.05, 4.69) is 20.9 Å². The minimum Gasteiger partial charge on any atom is -0.493 e. The van der Waals surface area contributed by atoms with E-state index in [0.717, 1.165) is 15.2 Å². The molecule has 0 radical (unpaired) electrons. The number of hydrogen-bond acceptors (Lipinski definition) is 5. The highest BCUT2D eigenvalue weighted by Gasteiger charge is 2.31. The molecular formula is C18H23BrN2O3S. The number of thioether (sulfide) groups is 1. The predicted octanol–water partition coefficient (Wildman–Crippen LogP) is 4.56. The van der Waals surface area contributed by atoms with Crippen LogP contribution in [-0.2, 0) is 4.79 Å². The van der Waals surface area contributed by atoms with Gasteiger partial charge in [0.2, 0.25) is 0 Å². The van der Waals surface area contributed by atoms with Crippen molar-refractivity contribution >= 4 is 44.8 Å². The van der Waals surface area contributed by atoms with E-state index in [4.69, 9.17) is 9.47 Å². The zero-order chi connectivity index (χ0) is 18.6. The molecule has 1 amide bonds. The summed E-state index contributed by atoms with van der Waals surface area (Å²) in [6.07, 6.45) is 1.90. The first-order valence-corrected chi connectivity index (χ1v) is 9.82. The van der Waals surface area contributed by atoms with Crippen LogP contribution in [0.15, 0.2) is 26.5 Å². The monoisotopic (exact) mass is 426 g/mol. The SMILES string of the molecule is CCN=C1S/C(=C/c2cc(Br)c(OC(C)C)c(OC)c2)C(=O)N1CC. The molecule has 25 heavy (non-hydrogen) atoms. The molecule has 0 spiro atoms. The number of rotatable bonds is 6. The van der Waals surface area contributed by atoms with Crippen molar-refractivity contribution in [2.75, 3.05) is 20.2 Å². The fourth-order valence-corrected chi connectivity index (χ4v) is 4.02. The van der Waals surface area contributed by atoms with E-state index in [9.17, 15) is 4.79 Å². The Labute approximate surface area is 161 Å². The Kier molecular flexibility index (Phi) is 6.95.